The lowest BCUT2D eigenvalue weighted by atomic mass is 10.3. The summed E-state index contributed by atoms with van der Waals surface area (Å²) in [4.78, 5) is 13.1. The van der Waals surface area contributed by atoms with Gasteiger partial charge in [-0.25, -0.2) is 0 Å². The third kappa shape index (κ3) is 7.80. The van der Waals surface area contributed by atoms with Crippen molar-refractivity contribution in [2.75, 3.05) is 26.7 Å². The summed E-state index contributed by atoms with van der Waals surface area (Å²) in [6.07, 6.45) is 4.79. The van der Waals surface area contributed by atoms with Gasteiger partial charge in [-0.2, -0.15) is 0 Å². The van der Waals surface area contributed by atoms with Gasteiger partial charge >= 0.3 is 0 Å². The predicted octanol–water partition coefficient (Wildman–Crippen LogP) is 1.41. The highest BCUT2D eigenvalue weighted by Crippen LogP contribution is 1.92. The fraction of sp³-hybridized carbons (Fsp3) is 0.727. The second-order valence-corrected chi connectivity index (χ2v) is 3.51. The van der Waals surface area contributed by atoms with Crippen LogP contribution >= 0.6 is 0 Å². The van der Waals surface area contributed by atoms with Gasteiger partial charge in [0.05, 0.1) is 0 Å². The van der Waals surface area contributed by atoms with Gasteiger partial charge in [-0.1, -0.05) is 19.9 Å². The van der Waals surface area contributed by atoms with Crippen molar-refractivity contribution in [2.24, 2.45) is 0 Å². The Bertz CT molecular complexity index is 169. The first-order valence-electron chi connectivity index (χ1n) is 5.29. The maximum Gasteiger partial charge on any atom is 0.243 e. The summed E-state index contributed by atoms with van der Waals surface area (Å²) in [5.41, 5.74) is 0. The smallest absolute Gasteiger partial charge is 0.243 e. The van der Waals surface area contributed by atoms with Crippen molar-refractivity contribution in [3.05, 3.63) is 12.7 Å². The SMILES string of the molecule is C=CC(=O)NCCCN(C)CCCC. The Hall–Kier alpha value is -0.830. The van der Waals surface area contributed by atoms with Crippen LogP contribution in [0, 0.1) is 0 Å². The zero-order valence-corrected chi connectivity index (χ0v) is 9.38. The molecule has 0 unspecified atom stereocenters. The fourth-order valence-electron chi connectivity index (χ4n) is 1.17. The number of amides is 1. The fourth-order valence-corrected chi connectivity index (χ4v) is 1.17. The molecule has 0 fully saturated rings. The number of hydrogen-bond acceptors (Lipinski definition) is 2. The highest BCUT2D eigenvalue weighted by molar-refractivity contribution is 5.86. The van der Waals surface area contributed by atoms with E-state index in [1.54, 1.807) is 0 Å². The lowest BCUT2D eigenvalue weighted by Crippen LogP contribution is -2.27. The molecule has 0 aliphatic heterocycles. The molecule has 0 atom stereocenters. The first-order valence-corrected chi connectivity index (χ1v) is 5.29. The molecule has 3 heteroatoms. The summed E-state index contributed by atoms with van der Waals surface area (Å²) in [6, 6.07) is 0. The number of carbonyl (C=O) groups is 1. The molecule has 0 aliphatic rings. The van der Waals surface area contributed by atoms with Crippen LogP contribution in [0.4, 0.5) is 0 Å². The number of nitrogens with one attached hydrogen (secondary N) is 1. The molecule has 0 heterocycles. The van der Waals surface area contributed by atoms with E-state index in [1.165, 1.54) is 18.9 Å². The average molecular weight is 198 g/mol. The number of hydrogen-bond donors (Lipinski definition) is 1. The van der Waals surface area contributed by atoms with Gasteiger partial charge in [0.1, 0.15) is 0 Å². The predicted molar refractivity (Wildman–Crippen MR) is 60.2 cm³/mol. The van der Waals surface area contributed by atoms with Crippen molar-refractivity contribution in [2.45, 2.75) is 26.2 Å². The van der Waals surface area contributed by atoms with Gasteiger partial charge < -0.3 is 10.2 Å². The van der Waals surface area contributed by atoms with Crippen LogP contribution in [0.1, 0.15) is 26.2 Å². The van der Waals surface area contributed by atoms with Crippen LogP contribution in [0.5, 0.6) is 0 Å². The molecule has 0 aromatic carbocycles. The van der Waals surface area contributed by atoms with E-state index in [9.17, 15) is 4.79 Å². The molecule has 0 aliphatic carbocycles. The minimum absolute atomic E-state index is 0.0822. The van der Waals surface area contributed by atoms with Crippen molar-refractivity contribution >= 4 is 5.91 Å². The normalized spacial score (nSPS) is 10.2. The number of unbranched alkanes of at least 4 members (excludes halogenated alkanes) is 1. The van der Waals surface area contributed by atoms with Gasteiger partial charge in [0, 0.05) is 6.54 Å². The number of nitrogens with zero attached hydrogens (tertiary/aromatic N) is 1. The van der Waals surface area contributed by atoms with Gasteiger partial charge in [-0.05, 0) is 39.1 Å². The highest BCUT2D eigenvalue weighted by Gasteiger charge is 1.97. The summed E-state index contributed by atoms with van der Waals surface area (Å²) < 4.78 is 0. The summed E-state index contributed by atoms with van der Waals surface area (Å²) in [6.45, 7) is 8.51. The maximum absolute atomic E-state index is 10.8. The van der Waals surface area contributed by atoms with E-state index < -0.39 is 0 Å². The Morgan fingerprint density at radius 1 is 1.43 bits per heavy atom. The van der Waals surface area contributed by atoms with E-state index in [-0.39, 0.29) is 5.91 Å². The molecule has 0 aromatic rings. The second-order valence-electron chi connectivity index (χ2n) is 3.51. The molecule has 14 heavy (non-hydrogen) atoms. The van der Waals surface area contributed by atoms with Gasteiger partial charge in [0.25, 0.3) is 0 Å². The van der Waals surface area contributed by atoms with E-state index >= 15 is 0 Å². The summed E-state index contributed by atoms with van der Waals surface area (Å²) in [5.74, 6) is -0.0822. The molecule has 1 N–H and O–H groups in total. The minimum atomic E-state index is -0.0822. The molecule has 0 spiro atoms. The Morgan fingerprint density at radius 3 is 2.64 bits per heavy atom. The minimum Gasteiger partial charge on any atom is -0.353 e. The van der Waals surface area contributed by atoms with Crippen LogP contribution in [-0.4, -0.2) is 37.5 Å². The quantitative estimate of drug-likeness (QED) is 0.472. The molecule has 0 radical (unpaired) electrons. The van der Waals surface area contributed by atoms with Gasteiger partial charge in [-0.3, -0.25) is 4.79 Å². The second kappa shape index (κ2) is 8.75. The van der Waals surface area contributed by atoms with Crippen LogP contribution in [0.2, 0.25) is 0 Å². The molecule has 0 aromatic heterocycles. The molecular formula is C11H22N2O. The first-order chi connectivity index (χ1) is 6.70. The van der Waals surface area contributed by atoms with E-state index in [1.807, 2.05) is 0 Å². The van der Waals surface area contributed by atoms with Crippen molar-refractivity contribution in [3.8, 4) is 0 Å². The molecule has 3 nitrogen and oxygen atoms in total. The maximum atomic E-state index is 10.8. The zero-order valence-electron chi connectivity index (χ0n) is 9.38. The summed E-state index contributed by atoms with van der Waals surface area (Å²) >= 11 is 0. The van der Waals surface area contributed by atoms with Crippen molar-refractivity contribution < 1.29 is 4.79 Å². The third-order valence-electron chi connectivity index (χ3n) is 2.09. The van der Waals surface area contributed by atoms with Gasteiger partial charge in [0.2, 0.25) is 5.91 Å². The highest BCUT2D eigenvalue weighted by atomic mass is 16.1. The molecular weight excluding hydrogens is 176 g/mol. The van der Waals surface area contributed by atoms with Crippen LogP contribution in [-0.2, 0) is 4.79 Å². The number of rotatable bonds is 8. The average Bonchev–Trinajstić information content (AvgIpc) is 2.21. The largest absolute Gasteiger partial charge is 0.353 e. The van der Waals surface area contributed by atoms with Gasteiger partial charge in [-0.15, -0.1) is 0 Å². The van der Waals surface area contributed by atoms with E-state index in [4.69, 9.17) is 0 Å². The van der Waals surface area contributed by atoms with Crippen molar-refractivity contribution in [1.29, 1.82) is 0 Å². The summed E-state index contributed by atoms with van der Waals surface area (Å²) in [5, 5.41) is 2.76. The zero-order chi connectivity index (χ0) is 10.8. The van der Waals surface area contributed by atoms with E-state index in [0.717, 1.165) is 26.1 Å². The topological polar surface area (TPSA) is 32.3 Å². The van der Waals surface area contributed by atoms with Crippen molar-refractivity contribution in [3.63, 3.8) is 0 Å². The number of carbonyl (C=O) groups excluding carboxylic acids is 1. The van der Waals surface area contributed by atoms with E-state index in [2.05, 4.69) is 30.8 Å². The lowest BCUT2D eigenvalue weighted by Gasteiger charge is -2.15. The molecule has 0 bridgehead atoms. The Kier molecular flexibility index (Phi) is 8.24. The molecule has 0 saturated carbocycles. The lowest BCUT2D eigenvalue weighted by molar-refractivity contribution is -0.116. The van der Waals surface area contributed by atoms with Gasteiger partial charge in [0.15, 0.2) is 0 Å². The Labute approximate surface area is 87.2 Å². The Morgan fingerprint density at radius 2 is 2.07 bits per heavy atom. The van der Waals surface area contributed by atoms with Crippen LogP contribution in [0.3, 0.4) is 0 Å². The van der Waals surface area contributed by atoms with E-state index in [0.29, 0.717) is 0 Å². The van der Waals surface area contributed by atoms with Crippen LogP contribution < -0.4 is 5.32 Å². The van der Waals surface area contributed by atoms with Crippen molar-refractivity contribution in [1.82, 2.24) is 10.2 Å². The summed E-state index contributed by atoms with van der Waals surface area (Å²) in [7, 11) is 2.12. The van der Waals surface area contributed by atoms with Crippen LogP contribution in [0.25, 0.3) is 0 Å². The molecule has 0 rings (SSSR count). The molecule has 0 saturated heterocycles. The molecule has 82 valence electrons. The first kappa shape index (κ1) is 13.2. The Balaban J connectivity index is 3.26. The molecule has 1 amide bonds. The third-order valence-corrected chi connectivity index (χ3v) is 2.09. The van der Waals surface area contributed by atoms with Crippen LogP contribution in [0.15, 0.2) is 12.7 Å². The monoisotopic (exact) mass is 198 g/mol. The standard InChI is InChI=1S/C11H22N2O/c1-4-6-9-13(3)10-7-8-12-11(14)5-2/h5H,2,4,6-10H2,1,3H3,(H,12,14).